The highest BCUT2D eigenvalue weighted by Gasteiger charge is 2.35. The SMILES string of the molecule is CCOC(=O)C(C)(C)Oc1ccc(/C=C2/Oc3c(Cl)c(OC)cc(OC)c3C2=O)cc1. The summed E-state index contributed by atoms with van der Waals surface area (Å²) < 4.78 is 27.0. The van der Waals surface area contributed by atoms with Gasteiger partial charge in [0.15, 0.2) is 17.1 Å². The third-order valence-electron chi connectivity index (χ3n) is 4.57. The Kier molecular flexibility index (Phi) is 6.45. The van der Waals surface area contributed by atoms with Crippen LogP contribution < -0.4 is 18.9 Å². The Hall–Kier alpha value is -3.19. The van der Waals surface area contributed by atoms with Crippen LogP contribution in [0.1, 0.15) is 36.7 Å². The Morgan fingerprint density at radius 1 is 1.13 bits per heavy atom. The molecule has 0 bridgehead atoms. The summed E-state index contributed by atoms with van der Waals surface area (Å²) in [5, 5.41) is 0.194. The molecule has 7 nitrogen and oxygen atoms in total. The highest BCUT2D eigenvalue weighted by Crippen LogP contribution is 2.48. The molecule has 1 aliphatic heterocycles. The number of esters is 1. The summed E-state index contributed by atoms with van der Waals surface area (Å²) in [4.78, 5) is 24.9. The average Bonchev–Trinajstić information content (AvgIpc) is 3.07. The van der Waals surface area contributed by atoms with Crippen LogP contribution in [0.5, 0.6) is 23.0 Å². The van der Waals surface area contributed by atoms with Crippen molar-refractivity contribution in [2.75, 3.05) is 20.8 Å². The van der Waals surface area contributed by atoms with Gasteiger partial charge < -0.3 is 23.7 Å². The van der Waals surface area contributed by atoms with Crippen LogP contribution in [0, 0.1) is 0 Å². The number of Topliss-reactive ketones (excluding diaryl/α,β-unsaturated/α-hetero) is 1. The van der Waals surface area contributed by atoms with Crippen LogP contribution in [0.3, 0.4) is 0 Å². The van der Waals surface area contributed by atoms with Crippen LogP contribution in [0.15, 0.2) is 36.1 Å². The fourth-order valence-corrected chi connectivity index (χ4v) is 3.27. The van der Waals surface area contributed by atoms with E-state index in [1.54, 1.807) is 57.2 Å². The first-order chi connectivity index (χ1) is 14.7. The van der Waals surface area contributed by atoms with Crippen molar-refractivity contribution in [3.8, 4) is 23.0 Å². The lowest BCUT2D eigenvalue weighted by Crippen LogP contribution is -2.39. The van der Waals surface area contributed by atoms with Gasteiger partial charge in [0, 0.05) is 6.07 Å². The van der Waals surface area contributed by atoms with Gasteiger partial charge in [-0.3, -0.25) is 4.79 Å². The second-order valence-corrected chi connectivity index (χ2v) is 7.52. The molecule has 0 fully saturated rings. The summed E-state index contributed by atoms with van der Waals surface area (Å²) in [6.45, 7) is 5.28. The molecule has 3 rings (SSSR count). The van der Waals surface area contributed by atoms with E-state index in [-0.39, 0.29) is 34.5 Å². The molecule has 1 aliphatic rings. The van der Waals surface area contributed by atoms with E-state index in [1.807, 2.05) is 0 Å². The molecule has 0 aromatic heterocycles. The van der Waals surface area contributed by atoms with Gasteiger partial charge in [-0.05, 0) is 44.5 Å². The first kappa shape index (κ1) is 22.5. The number of carbonyl (C=O) groups is 2. The molecule has 1 heterocycles. The van der Waals surface area contributed by atoms with Crippen molar-refractivity contribution in [1.82, 2.24) is 0 Å². The zero-order valence-corrected chi connectivity index (χ0v) is 18.7. The van der Waals surface area contributed by atoms with Gasteiger partial charge in [0.1, 0.15) is 27.8 Å². The van der Waals surface area contributed by atoms with Gasteiger partial charge in [0.2, 0.25) is 5.78 Å². The van der Waals surface area contributed by atoms with E-state index >= 15 is 0 Å². The fourth-order valence-electron chi connectivity index (χ4n) is 3.01. The standard InChI is InChI=1S/C23H23ClO7/c1-6-29-22(26)23(2,3)31-14-9-7-13(8-10-14)11-17-20(25)18-15(27-4)12-16(28-5)19(24)21(18)30-17/h7-12H,6H2,1-5H3/b17-11+. The van der Waals surface area contributed by atoms with E-state index in [4.69, 9.17) is 35.3 Å². The number of carbonyl (C=O) groups excluding carboxylic acids is 2. The Balaban J connectivity index is 1.84. The molecule has 0 spiro atoms. The Morgan fingerprint density at radius 2 is 1.77 bits per heavy atom. The summed E-state index contributed by atoms with van der Waals surface area (Å²) >= 11 is 6.31. The molecule has 2 aromatic carbocycles. The van der Waals surface area contributed by atoms with Crippen LogP contribution >= 0.6 is 11.6 Å². The van der Waals surface area contributed by atoms with Crippen molar-refractivity contribution < 1.29 is 33.3 Å². The Bertz CT molecular complexity index is 1040. The molecule has 0 unspecified atom stereocenters. The van der Waals surface area contributed by atoms with Gasteiger partial charge >= 0.3 is 5.97 Å². The molecular weight excluding hydrogens is 424 g/mol. The molecule has 0 aliphatic carbocycles. The first-order valence-electron chi connectivity index (χ1n) is 9.56. The minimum atomic E-state index is -1.13. The number of fused-ring (bicyclic) bond motifs is 1. The van der Waals surface area contributed by atoms with E-state index in [9.17, 15) is 9.59 Å². The Labute approximate surface area is 185 Å². The number of halogens is 1. The number of ether oxygens (including phenoxy) is 5. The van der Waals surface area contributed by atoms with Crippen molar-refractivity contribution >= 4 is 29.4 Å². The quantitative estimate of drug-likeness (QED) is 0.450. The fraction of sp³-hybridized carbons (Fsp3) is 0.304. The van der Waals surface area contributed by atoms with Gasteiger partial charge in [-0.25, -0.2) is 4.79 Å². The van der Waals surface area contributed by atoms with Gasteiger partial charge in [-0.15, -0.1) is 0 Å². The molecule has 0 N–H and O–H groups in total. The smallest absolute Gasteiger partial charge is 0.349 e. The van der Waals surface area contributed by atoms with E-state index in [0.29, 0.717) is 22.8 Å². The van der Waals surface area contributed by atoms with Crippen LogP contribution in [0.4, 0.5) is 0 Å². The lowest BCUT2D eigenvalue weighted by atomic mass is 10.1. The summed E-state index contributed by atoms with van der Waals surface area (Å²) in [5.74, 6) is 0.641. The minimum Gasteiger partial charge on any atom is -0.496 e. The highest BCUT2D eigenvalue weighted by molar-refractivity contribution is 6.35. The summed E-state index contributed by atoms with van der Waals surface area (Å²) in [7, 11) is 2.92. The predicted octanol–water partition coefficient (Wildman–Crippen LogP) is 4.69. The topological polar surface area (TPSA) is 80.3 Å². The predicted molar refractivity (Wildman–Crippen MR) is 115 cm³/mol. The molecular formula is C23H23ClO7. The van der Waals surface area contributed by atoms with Crippen LogP contribution in [0.2, 0.25) is 5.02 Å². The van der Waals surface area contributed by atoms with Crippen LogP contribution in [0.25, 0.3) is 6.08 Å². The maximum atomic E-state index is 12.9. The molecule has 0 saturated heterocycles. The monoisotopic (exact) mass is 446 g/mol. The van der Waals surface area contributed by atoms with Crippen molar-refractivity contribution in [3.05, 3.63) is 52.2 Å². The minimum absolute atomic E-state index is 0.101. The molecule has 0 radical (unpaired) electrons. The Morgan fingerprint density at radius 3 is 2.35 bits per heavy atom. The number of allylic oxidation sites excluding steroid dienone is 1. The molecule has 2 aromatic rings. The van der Waals surface area contributed by atoms with Crippen molar-refractivity contribution in [3.63, 3.8) is 0 Å². The highest BCUT2D eigenvalue weighted by atomic mass is 35.5. The van der Waals surface area contributed by atoms with Gasteiger partial charge in [-0.2, -0.15) is 0 Å². The van der Waals surface area contributed by atoms with E-state index < -0.39 is 11.6 Å². The molecule has 31 heavy (non-hydrogen) atoms. The summed E-state index contributed by atoms with van der Waals surface area (Å²) in [5.41, 5.74) is -0.190. The van der Waals surface area contributed by atoms with Gasteiger partial charge in [0.25, 0.3) is 0 Å². The third kappa shape index (κ3) is 4.46. The van der Waals surface area contributed by atoms with E-state index in [1.165, 1.54) is 14.2 Å². The largest absolute Gasteiger partial charge is 0.496 e. The molecule has 0 saturated carbocycles. The lowest BCUT2D eigenvalue weighted by Gasteiger charge is -2.24. The van der Waals surface area contributed by atoms with Crippen molar-refractivity contribution in [2.45, 2.75) is 26.4 Å². The van der Waals surface area contributed by atoms with Crippen molar-refractivity contribution in [1.29, 1.82) is 0 Å². The summed E-state index contributed by atoms with van der Waals surface area (Å²) in [6, 6.07) is 8.40. The maximum Gasteiger partial charge on any atom is 0.349 e. The van der Waals surface area contributed by atoms with Crippen LogP contribution in [-0.2, 0) is 9.53 Å². The number of ketones is 1. The zero-order chi connectivity index (χ0) is 22.8. The van der Waals surface area contributed by atoms with E-state index in [2.05, 4.69) is 0 Å². The molecule has 0 atom stereocenters. The second kappa shape index (κ2) is 8.89. The average molecular weight is 447 g/mol. The second-order valence-electron chi connectivity index (χ2n) is 7.14. The lowest BCUT2D eigenvalue weighted by molar-refractivity contribution is -0.158. The maximum absolute atomic E-state index is 12.9. The number of benzene rings is 2. The van der Waals surface area contributed by atoms with E-state index in [0.717, 1.165) is 0 Å². The molecule has 164 valence electrons. The van der Waals surface area contributed by atoms with Gasteiger partial charge in [0.05, 0.1) is 20.8 Å². The molecule has 0 amide bonds. The number of hydrogen-bond acceptors (Lipinski definition) is 7. The van der Waals surface area contributed by atoms with Crippen molar-refractivity contribution in [2.24, 2.45) is 0 Å². The molecule has 8 heteroatoms. The zero-order valence-electron chi connectivity index (χ0n) is 17.9. The number of hydrogen-bond donors (Lipinski definition) is 0. The third-order valence-corrected chi connectivity index (χ3v) is 4.93. The summed E-state index contributed by atoms with van der Waals surface area (Å²) in [6.07, 6.45) is 1.59. The first-order valence-corrected chi connectivity index (χ1v) is 9.94. The number of rotatable bonds is 7. The van der Waals surface area contributed by atoms with Gasteiger partial charge in [-0.1, -0.05) is 23.7 Å². The van der Waals surface area contributed by atoms with Crippen LogP contribution in [-0.4, -0.2) is 38.2 Å². The number of methoxy groups -OCH3 is 2. The normalized spacial score (nSPS) is 14.1.